The smallest absolute Gasteiger partial charge is 0.355 e. The molecule has 12 nitrogen and oxygen atoms in total. The highest BCUT2D eigenvalue weighted by Crippen LogP contribution is 2.41. The van der Waals surface area contributed by atoms with E-state index in [1.165, 1.54) is 0 Å². The molecule has 0 aliphatic carbocycles. The van der Waals surface area contributed by atoms with E-state index in [4.69, 9.17) is 20.2 Å². The summed E-state index contributed by atoms with van der Waals surface area (Å²) in [6.07, 6.45) is -0.750. The van der Waals surface area contributed by atoms with Gasteiger partial charge < -0.3 is 30.2 Å². The number of carboxylic acid groups (broad SMARTS) is 1. The monoisotopic (exact) mass is 610 g/mol. The third kappa shape index (κ3) is 5.33. The second-order valence-corrected chi connectivity index (χ2v) is 11.1. The number of nitrogens with zero attached hydrogens (tertiary/aromatic N) is 2. The number of para-hydroxylation sites is 1. The molecule has 2 aromatic heterocycles. The van der Waals surface area contributed by atoms with Gasteiger partial charge in [0.15, 0.2) is 0 Å². The van der Waals surface area contributed by atoms with E-state index >= 15 is 0 Å². The molecule has 0 fully saturated rings. The fourth-order valence-corrected chi connectivity index (χ4v) is 5.92. The number of pyridine rings is 2. The Hall–Kier alpha value is -5.36. The van der Waals surface area contributed by atoms with Gasteiger partial charge in [-0.2, -0.15) is 0 Å². The van der Waals surface area contributed by atoms with Crippen LogP contribution in [0.5, 0.6) is 0 Å². The summed E-state index contributed by atoms with van der Waals surface area (Å²) in [7, 11) is 0. The lowest BCUT2D eigenvalue weighted by molar-refractivity contribution is -0.190. The Morgan fingerprint density at radius 2 is 1.84 bits per heavy atom. The number of carbonyl (C=O) groups excluding carboxylic acids is 3. The number of hydrogen-bond donors (Lipinski definition) is 3. The van der Waals surface area contributed by atoms with Gasteiger partial charge in [-0.25, -0.2) is 14.6 Å². The van der Waals surface area contributed by atoms with Crippen LogP contribution in [0, 0.1) is 0 Å². The molecule has 0 radical (unpaired) electrons. The van der Waals surface area contributed by atoms with Crippen LogP contribution in [0.1, 0.15) is 42.0 Å². The number of carbonyl (C=O) groups is 4. The third-order valence-corrected chi connectivity index (χ3v) is 8.29. The summed E-state index contributed by atoms with van der Waals surface area (Å²) >= 11 is 0. The van der Waals surface area contributed by atoms with Crippen molar-refractivity contribution in [2.24, 2.45) is 5.73 Å². The predicted octanol–water partition coefficient (Wildman–Crippen LogP) is 2.16. The average Bonchev–Trinajstić information content (AvgIpc) is 3.39. The van der Waals surface area contributed by atoms with E-state index in [1.54, 1.807) is 41.8 Å². The molecule has 0 saturated heterocycles. The van der Waals surface area contributed by atoms with Crippen LogP contribution in [0.15, 0.2) is 71.5 Å². The maximum absolute atomic E-state index is 13.7. The normalized spacial score (nSPS) is 17.8. The number of rotatable bonds is 9. The van der Waals surface area contributed by atoms with Crippen LogP contribution < -0.4 is 16.6 Å². The first kappa shape index (κ1) is 29.7. The molecule has 2 aromatic carbocycles. The van der Waals surface area contributed by atoms with E-state index in [1.807, 2.05) is 36.4 Å². The van der Waals surface area contributed by atoms with Gasteiger partial charge >= 0.3 is 17.9 Å². The van der Waals surface area contributed by atoms with Crippen molar-refractivity contribution >= 4 is 34.7 Å². The molecule has 4 heterocycles. The SMILES string of the molecule is CC[C@@]1(OC(=O)C[C@H](NC(=O)[C@@H](N)Cc2ccccc2)C(=O)O)C(=O)OCc2c1cc1n(c2=O)Cc2cc3ccccc3nc2-1. The second-order valence-electron chi connectivity index (χ2n) is 11.1. The largest absolute Gasteiger partial charge is 0.480 e. The quantitative estimate of drug-likeness (QED) is 0.209. The first-order valence-electron chi connectivity index (χ1n) is 14.5. The molecular formula is C33H30N4O8. The Labute approximate surface area is 256 Å². The number of nitrogens with one attached hydrogen (secondary N) is 1. The maximum Gasteiger partial charge on any atom is 0.355 e. The average molecular weight is 611 g/mol. The summed E-state index contributed by atoms with van der Waals surface area (Å²) in [4.78, 5) is 69.8. The molecule has 1 amide bonds. The lowest BCUT2D eigenvalue weighted by atomic mass is 9.85. The van der Waals surface area contributed by atoms with Crippen molar-refractivity contribution < 1.29 is 33.8 Å². The number of esters is 2. The van der Waals surface area contributed by atoms with Gasteiger partial charge in [-0.3, -0.25) is 14.4 Å². The van der Waals surface area contributed by atoms with Gasteiger partial charge in [0.05, 0.1) is 41.5 Å². The molecule has 0 saturated carbocycles. The van der Waals surface area contributed by atoms with E-state index in [0.717, 1.165) is 22.0 Å². The highest BCUT2D eigenvalue weighted by atomic mass is 16.6. The van der Waals surface area contributed by atoms with Crippen molar-refractivity contribution in [3.05, 3.63) is 99.3 Å². The summed E-state index contributed by atoms with van der Waals surface area (Å²) in [5.74, 6) is -4.24. The van der Waals surface area contributed by atoms with Crippen molar-refractivity contribution in [1.82, 2.24) is 14.9 Å². The Kier molecular flexibility index (Phi) is 7.67. The molecule has 12 heteroatoms. The van der Waals surface area contributed by atoms with E-state index < -0.39 is 53.5 Å². The van der Waals surface area contributed by atoms with Crippen molar-refractivity contribution in [3.8, 4) is 11.4 Å². The van der Waals surface area contributed by atoms with Crippen LogP contribution in [-0.2, 0) is 53.8 Å². The zero-order chi connectivity index (χ0) is 31.9. The predicted molar refractivity (Wildman–Crippen MR) is 161 cm³/mol. The van der Waals surface area contributed by atoms with E-state index in [9.17, 15) is 29.1 Å². The highest BCUT2D eigenvalue weighted by molar-refractivity contribution is 5.91. The van der Waals surface area contributed by atoms with Crippen molar-refractivity contribution in [3.63, 3.8) is 0 Å². The number of hydrogen-bond acceptors (Lipinski definition) is 9. The van der Waals surface area contributed by atoms with Crippen molar-refractivity contribution in [2.45, 2.75) is 57.0 Å². The molecule has 3 atom stereocenters. The van der Waals surface area contributed by atoms with Gasteiger partial charge in [-0.05, 0) is 36.6 Å². The lowest BCUT2D eigenvalue weighted by Gasteiger charge is -2.36. The first-order chi connectivity index (χ1) is 21.6. The van der Waals surface area contributed by atoms with Crippen LogP contribution >= 0.6 is 0 Å². The number of aromatic nitrogens is 2. The van der Waals surface area contributed by atoms with Gasteiger partial charge in [-0.1, -0.05) is 55.5 Å². The van der Waals surface area contributed by atoms with Crippen LogP contribution in [0.2, 0.25) is 0 Å². The Morgan fingerprint density at radius 1 is 1.11 bits per heavy atom. The van der Waals surface area contributed by atoms with E-state index in [-0.39, 0.29) is 37.1 Å². The Bertz CT molecular complexity index is 1920. The zero-order valence-electron chi connectivity index (χ0n) is 24.3. The fourth-order valence-electron chi connectivity index (χ4n) is 5.92. The number of carboxylic acids is 1. The van der Waals surface area contributed by atoms with Crippen LogP contribution in [0.3, 0.4) is 0 Å². The number of benzene rings is 2. The Morgan fingerprint density at radius 3 is 2.58 bits per heavy atom. The molecule has 230 valence electrons. The minimum atomic E-state index is -2.02. The maximum atomic E-state index is 13.7. The van der Waals surface area contributed by atoms with Crippen LogP contribution in [-0.4, -0.2) is 50.6 Å². The summed E-state index contributed by atoms with van der Waals surface area (Å²) in [5, 5.41) is 13.0. The Balaban J connectivity index is 1.28. The molecule has 4 N–H and O–H groups in total. The lowest BCUT2D eigenvalue weighted by Crippen LogP contribution is -2.51. The standard InChI is InChI=1S/C33H30N4O8/c1-2-33(45-27(38)15-25(31(41)42)36-29(39)23(34)12-18-8-4-3-5-9-18)22-14-26-28-20(13-19-10-6-7-11-24(19)35-28)16-37(26)30(40)21(22)17-44-32(33)43/h3-11,13-14,23,25H,2,12,15-17,34H2,1H3,(H,36,39)(H,41,42)/t23-,25-,33-/m0/s1. The van der Waals surface area contributed by atoms with Gasteiger partial charge in [0.25, 0.3) is 5.56 Å². The number of fused-ring (bicyclic) bond motifs is 5. The minimum absolute atomic E-state index is 0.0997. The second kappa shape index (κ2) is 11.6. The number of aliphatic carboxylic acids is 1. The molecule has 4 aromatic rings. The van der Waals surface area contributed by atoms with Gasteiger partial charge in [-0.15, -0.1) is 0 Å². The van der Waals surface area contributed by atoms with Gasteiger partial charge in [0.1, 0.15) is 12.6 Å². The van der Waals surface area contributed by atoms with Crippen molar-refractivity contribution in [2.75, 3.05) is 0 Å². The first-order valence-corrected chi connectivity index (χ1v) is 14.5. The number of ether oxygens (including phenoxy) is 2. The highest BCUT2D eigenvalue weighted by Gasteiger charge is 2.50. The topological polar surface area (TPSA) is 180 Å². The molecule has 2 aliphatic rings. The van der Waals surface area contributed by atoms with Crippen molar-refractivity contribution in [1.29, 1.82) is 0 Å². The molecule has 0 bridgehead atoms. The molecular weight excluding hydrogens is 580 g/mol. The molecule has 0 unspecified atom stereocenters. The number of cyclic esters (lactones) is 1. The fraction of sp³-hybridized carbons (Fsp3) is 0.273. The summed E-state index contributed by atoms with van der Waals surface area (Å²) < 4.78 is 12.6. The molecule has 0 spiro atoms. The number of nitrogens with two attached hydrogens (primary N) is 1. The summed E-state index contributed by atoms with van der Waals surface area (Å²) in [6.45, 7) is 1.55. The number of amides is 1. The van der Waals surface area contributed by atoms with Crippen LogP contribution in [0.25, 0.3) is 22.3 Å². The molecule has 2 aliphatic heterocycles. The van der Waals surface area contributed by atoms with Crippen LogP contribution in [0.4, 0.5) is 0 Å². The summed E-state index contributed by atoms with van der Waals surface area (Å²) in [5.41, 5.74) is 7.25. The molecule has 6 rings (SSSR count). The summed E-state index contributed by atoms with van der Waals surface area (Å²) in [6, 6.07) is 17.3. The van der Waals surface area contributed by atoms with E-state index in [2.05, 4.69) is 5.32 Å². The third-order valence-electron chi connectivity index (χ3n) is 8.29. The van der Waals surface area contributed by atoms with Gasteiger partial charge in [0, 0.05) is 16.5 Å². The minimum Gasteiger partial charge on any atom is -0.480 e. The van der Waals surface area contributed by atoms with Gasteiger partial charge in [0.2, 0.25) is 11.5 Å². The zero-order valence-corrected chi connectivity index (χ0v) is 24.3. The van der Waals surface area contributed by atoms with E-state index in [0.29, 0.717) is 11.4 Å². The molecule has 45 heavy (non-hydrogen) atoms.